The highest BCUT2D eigenvalue weighted by Crippen LogP contribution is 2.35. The molecule has 2 aromatic heterocycles. The Morgan fingerprint density at radius 1 is 1.39 bits per heavy atom. The molecule has 3 N–H and O–H groups in total. The number of nitrogens with one attached hydrogen (secondary N) is 1. The van der Waals surface area contributed by atoms with Crippen LogP contribution in [0.2, 0.25) is 0 Å². The molecular weight excluding hydrogens is 226 g/mol. The first kappa shape index (κ1) is 12.7. The van der Waals surface area contributed by atoms with E-state index in [1.807, 2.05) is 11.7 Å². The van der Waals surface area contributed by atoms with Gasteiger partial charge in [0, 0.05) is 19.0 Å². The number of pyridine rings is 1. The van der Waals surface area contributed by atoms with Crippen LogP contribution >= 0.6 is 0 Å². The number of anilines is 2. The SMILES string of the molecule is CCNc1c(N)cnc2c1c(C(C)(C)C)nn2C. The van der Waals surface area contributed by atoms with Gasteiger partial charge >= 0.3 is 0 Å². The lowest BCUT2D eigenvalue weighted by Gasteiger charge is -2.17. The van der Waals surface area contributed by atoms with Crippen LogP contribution in [0.1, 0.15) is 33.4 Å². The maximum atomic E-state index is 6.03. The van der Waals surface area contributed by atoms with Gasteiger partial charge in [0.25, 0.3) is 0 Å². The summed E-state index contributed by atoms with van der Waals surface area (Å²) in [5.74, 6) is 0. The highest BCUT2D eigenvalue weighted by atomic mass is 15.3. The third kappa shape index (κ3) is 1.89. The Morgan fingerprint density at radius 3 is 2.61 bits per heavy atom. The average molecular weight is 247 g/mol. The summed E-state index contributed by atoms with van der Waals surface area (Å²) in [5.41, 5.74) is 9.49. The first-order valence-corrected chi connectivity index (χ1v) is 6.21. The molecule has 5 nitrogen and oxygen atoms in total. The van der Waals surface area contributed by atoms with Crippen molar-refractivity contribution < 1.29 is 0 Å². The number of rotatable bonds is 2. The summed E-state index contributed by atoms with van der Waals surface area (Å²) in [6.07, 6.45) is 1.69. The van der Waals surface area contributed by atoms with Gasteiger partial charge in [0.2, 0.25) is 0 Å². The minimum atomic E-state index is -0.0425. The Bertz CT molecular complexity index is 577. The fourth-order valence-electron chi connectivity index (χ4n) is 2.13. The molecule has 98 valence electrons. The highest BCUT2D eigenvalue weighted by molar-refractivity contribution is 5.98. The Labute approximate surface area is 107 Å². The van der Waals surface area contributed by atoms with Gasteiger partial charge in [0.15, 0.2) is 5.65 Å². The molecule has 0 unspecified atom stereocenters. The Hall–Kier alpha value is -1.78. The van der Waals surface area contributed by atoms with E-state index in [4.69, 9.17) is 5.73 Å². The summed E-state index contributed by atoms with van der Waals surface area (Å²) in [4.78, 5) is 4.39. The van der Waals surface area contributed by atoms with Crippen LogP contribution in [-0.2, 0) is 12.5 Å². The monoisotopic (exact) mass is 247 g/mol. The molecule has 0 saturated carbocycles. The summed E-state index contributed by atoms with van der Waals surface area (Å²) >= 11 is 0. The summed E-state index contributed by atoms with van der Waals surface area (Å²) in [7, 11) is 1.91. The second-order valence-corrected chi connectivity index (χ2v) is 5.54. The minimum absolute atomic E-state index is 0.0425. The number of fused-ring (bicyclic) bond motifs is 1. The van der Waals surface area contributed by atoms with Crippen molar-refractivity contribution in [1.82, 2.24) is 14.8 Å². The summed E-state index contributed by atoms with van der Waals surface area (Å²) in [5, 5.41) is 8.96. The first-order chi connectivity index (χ1) is 8.36. The van der Waals surface area contributed by atoms with Crippen molar-refractivity contribution in [3.05, 3.63) is 11.9 Å². The van der Waals surface area contributed by atoms with Crippen LogP contribution in [0.3, 0.4) is 0 Å². The summed E-state index contributed by atoms with van der Waals surface area (Å²) in [6.45, 7) is 9.32. The molecular formula is C13H21N5. The number of hydrogen-bond donors (Lipinski definition) is 2. The van der Waals surface area contributed by atoms with Crippen molar-refractivity contribution in [1.29, 1.82) is 0 Å². The predicted molar refractivity (Wildman–Crippen MR) is 75.8 cm³/mol. The zero-order chi connectivity index (χ0) is 13.5. The van der Waals surface area contributed by atoms with Crippen molar-refractivity contribution in [2.24, 2.45) is 7.05 Å². The van der Waals surface area contributed by atoms with E-state index in [0.29, 0.717) is 5.69 Å². The summed E-state index contributed by atoms with van der Waals surface area (Å²) in [6, 6.07) is 0. The van der Waals surface area contributed by atoms with Crippen LogP contribution < -0.4 is 11.1 Å². The van der Waals surface area contributed by atoms with Crippen LogP contribution in [0.5, 0.6) is 0 Å². The van der Waals surface area contributed by atoms with Crippen molar-refractivity contribution in [2.45, 2.75) is 33.1 Å². The molecule has 0 amide bonds. The Kier molecular flexibility index (Phi) is 2.92. The maximum Gasteiger partial charge on any atom is 0.160 e. The summed E-state index contributed by atoms with van der Waals surface area (Å²) < 4.78 is 1.82. The first-order valence-electron chi connectivity index (χ1n) is 6.21. The predicted octanol–water partition coefficient (Wildman–Crippen LogP) is 2.28. The van der Waals surface area contributed by atoms with Gasteiger partial charge in [0.1, 0.15) is 0 Å². The number of aromatic nitrogens is 3. The van der Waals surface area contributed by atoms with E-state index < -0.39 is 0 Å². The highest BCUT2D eigenvalue weighted by Gasteiger charge is 2.25. The maximum absolute atomic E-state index is 6.03. The molecule has 2 aromatic rings. The molecule has 18 heavy (non-hydrogen) atoms. The number of nitrogens with zero attached hydrogens (tertiary/aromatic N) is 3. The lowest BCUT2D eigenvalue weighted by atomic mass is 9.90. The van der Waals surface area contributed by atoms with Crippen LogP contribution in [0, 0.1) is 0 Å². The average Bonchev–Trinajstić information content (AvgIpc) is 2.60. The van der Waals surface area contributed by atoms with Crippen LogP contribution in [-0.4, -0.2) is 21.3 Å². The molecule has 0 atom stereocenters. The van der Waals surface area contributed by atoms with Gasteiger partial charge in [-0.05, 0) is 6.92 Å². The lowest BCUT2D eigenvalue weighted by molar-refractivity contribution is 0.558. The van der Waals surface area contributed by atoms with Crippen molar-refractivity contribution in [2.75, 3.05) is 17.6 Å². The Morgan fingerprint density at radius 2 is 2.06 bits per heavy atom. The third-order valence-corrected chi connectivity index (χ3v) is 2.95. The Balaban J connectivity index is 2.84. The normalized spacial score (nSPS) is 12.1. The standard InChI is InChI=1S/C13H21N5/c1-6-15-10-8(14)7-16-12-9(10)11(13(2,3)4)17-18(12)5/h7H,6,14H2,1-5H3,(H,15,16). The molecule has 0 radical (unpaired) electrons. The third-order valence-electron chi connectivity index (χ3n) is 2.95. The van der Waals surface area contributed by atoms with Gasteiger partial charge in [-0.2, -0.15) is 5.10 Å². The largest absolute Gasteiger partial charge is 0.396 e. The van der Waals surface area contributed by atoms with E-state index in [1.165, 1.54) is 0 Å². The molecule has 0 aromatic carbocycles. The van der Waals surface area contributed by atoms with E-state index in [-0.39, 0.29) is 5.41 Å². The fraction of sp³-hybridized carbons (Fsp3) is 0.538. The van der Waals surface area contributed by atoms with Crippen molar-refractivity contribution >= 4 is 22.4 Å². The van der Waals surface area contributed by atoms with Gasteiger partial charge in [-0.15, -0.1) is 0 Å². The zero-order valence-electron chi connectivity index (χ0n) is 11.7. The van der Waals surface area contributed by atoms with Gasteiger partial charge in [0.05, 0.1) is 28.7 Å². The zero-order valence-corrected chi connectivity index (χ0v) is 11.7. The second kappa shape index (κ2) is 4.15. The molecule has 0 aliphatic carbocycles. The lowest BCUT2D eigenvalue weighted by Crippen LogP contribution is -2.13. The quantitative estimate of drug-likeness (QED) is 0.854. The number of aryl methyl sites for hydroxylation is 1. The van der Waals surface area contributed by atoms with E-state index in [1.54, 1.807) is 6.20 Å². The van der Waals surface area contributed by atoms with Gasteiger partial charge in [-0.1, -0.05) is 20.8 Å². The van der Waals surface area contributed by atoms with Gasteiger partial charge in [-0.25, -0.2) is 4.98 Å². The van der Waals surface area contributed by atoms with Gasteiger partial charge < -0.3 is 11.1 Å². The minimum Gasteiger partial charge on any atom is -0.396 e. The van der Waals surface area contributed by atoms with E-state index in [0.717, 1.165) is 29.0 Å². The van der Waals surface area contributed by atoms with Crippen molar-refractivity contribution in [3.8, 4) is 0 Å². The molecule has 0 saturated heterocycles. The molecule has 0 aliphatic heterocycles. The van der Waals surface area contributed by atoms with E-state index >= 15 is 0 Å². The smallest absolute Gasteiger partial charge is 0.160 e. The molecule has 0 fully saturated rings. The van der Waals surface area contributed by atoms with Crippen LogP contribution in [0.4, 0.5) is 11.4 Å². The molecule has 0 spiro atoms. The number of nitrogens with two attached hydrogens (primary N) is 1. The van der Waals surface area contributed by atoms with Crippen molar-refractivity contribution in [3.63, 3.8) is 0 Å². The second-order valence-electron chi connectivity index (χ2n) is 5.54. The van der Waals surface area contributed by atoms with E-state index in [2.05, 4.69) is 43.1 Å². The fourth-order valence-corrected chi connectivity index (χ4v) is 2.13. The van der Waals surface area contributed by atoms with E-state index in [9.17, 15) is 0 Å². The van der Waals surface area contributed by atoms with Crippen LogP contribution in [0.15, 0.2) is 6.20 Å². The number of nitrogen functional groups attached to an aromatic ring is 1. The molecule has 0 aliphatic rings. The number of hydrogen-bond acceptors (Lipinski definition) is 4. The van der Waals surface area contributed by atoms with Gasteiger partial charge in [-0.3, -0.25) is 4.68 Å². The topological polar surface area (TPSA) is 68.8 Å². The molecule has 0 bridgehead atoms. The molecule has 2 heterocycles. The van der Waals surface area contributed by atoms with Crippen LogP contribution in [0.25, 0.3) is 11.0 Å². The molecule has 5 heteroatoms. The molecule has 2 rings (SSSR count).